The summed E-state index contributed by atoms with van der Waals surface area (Å²) in [5.41, 5.74) is 6.39. The van der Waals surface area contributed by atoms with E-state index in [-0.39, 0.29) is 40.5 Å². The molecule has 1 unspecified atom stereocenters. The number of nitrogen functional groups attached to an aromatic ring is 1. The molecule has 0 bridgehead atoms. The first-order valence-electron chi connectivity index (χ1n) is 10.1. The maximum atomic E-state index is 13.0. The molecule has 1 amide bonds. The summed E-state index contributed by atoms with van der Waals surface area (Å²) in [5, 5.41) is 12.8. The number of aromatic nitrogens is 4. The summed E-state index contributed by atoms with van der Waals surface area (Å²) < 4.78 is 2.47. The van der Waals surface area contributed by atoms with Crippen LogP contribution in [0.5, 0.6) is 0 Å². The third-order valence-corrected chi connectivity index (χ3v) is 5.13. The fourth-order valence-corrected chi connectivity index (χ4v) is 3.36. The van der Waals surface area contributed by atoms with Crippen LogP contribution in [0.2, 0.25) is 0 Å². The van der Waals surface area contributed by atoms with Gasteiger partial charge in [0.05, 0.1) is 6.04 Å². The van der Waals surface area contributed by atoms with Crippen molar-refractivity contribution in [1.82, 2.24) is 24.5 Å². The molecule has 1 atom stereocenters. The highest BCUT2D eigenvalue weighted by Gasteiger charge is 2.24. The van der Waals surface area contributed by atoms with Gasteiger partial charge in [0.2, 0.25) is 0 Å². The van der Waals surface area contributed by atoms with Gasteiger partial charge in [-0.05, 0) is 12.0 Å². The van der Waals surface area contributed by atoms with Gasteiger partial charge >= 0.3 is 0 Å². The van der Waals surface area contributed by atoms with Gasteiger partial charge in [-0.15, -0.1) is 0 Å². The Morgan fingerprint density at radius 2 is 1.84 bits per heavy atom. The molecule has 0 aliphatic rings. The van der Waals surface area contributed by atoms with Crippen molar-refractivity contribution >= 4 is 28.8 Å². The van der Waals surface area contributed by atoms with Crippen LogP contribution in [-0.4, -0.2) is 44.5 Å². The quantitative estimate of drug-likeness (QED) is 0.435. The molecule has 0 aliphatic heterocycles. The zero-order valence-electron chi connectivity index (χ0n) is 18.8. The third-order valence-electron chi connectivity index (χ3n) is 5.13. The van der Waals surface area contributed by atoms with Crippen molar-refractivity contribution in [2.24, 2.45) is 14.1 Å². The van der Waals surface area contributed by atoms with Gasteiger partial charge in [-0.1, -0.05) is 37.3 Å². The van der Waals surface area contributed by atoms with Crippen LogP contribution < -0.4 is 27.5 Å². The lowest BCUT2D eigenvalue weighted by Gasteiger charge is -2.21. The number of aromatic amines is 1. The van der Waals surface area contributed by atoms with E-state index in [0.717, 1.165) is 10.2 Å². The Morgan fingerprint density at radius 1 is 1.19 bits per heavy atom. The second kappa shape index (κ2) is 9.00. The van der Waals surface area contributed by atoms with Crippen LogP contribution in [0.4, 0.5) is 22.9 Å². The third kappa shape index (κ3) is 4.22. The number of aryl methyl sites for hydroxylation is 2. The molecule has 0 spiro atoms. The molecule has 32 heavy (non-hydrogen) atoms. The monoisotopic (exact) mass is 440 g/mol. The Bertz CT molecular complexity index is 1240. The van der Waals surface area contributed by atoms with E-state index in [0.29, 0.717) is 6.42 Å². The fraction of sp³-hybridized carbons (Fsp3) is 0.333. The molecule has 1 aromatic carbocycles. The number of carbonyl (C=O) groups is 1. The van der Waals surface area contributed by atoms with Crippen LogP contribution in [0.1, 0.15) is 35.4 Å². The molecule has 3 aromatic rings. The first-order valence-corrected chi connectivity index (χ1v) is 10.1. The molecule has 11 nitrogen and oxygen atoms in total. The number of benzene rings is 1. The Labute approximate surface area is 184 Å². The van der Waals surface area contributed by atoms with E-state index in [9.17, 15) is 14.4 Å². The summed E-state index contributed by atoms with van der Waals surface area (Å²) in [6, 6.07) is 9.42. The van der Waals surface area contributed by atoms with Crippen molar-refractivity contribution in [2.75, 3.05) is 30.5 Å². The maximum absolute atomic E-state index is 13.0. The average Bonchev–Trinajstić information content (AvgIpc) is 3.05. The van der Waals surface area contributed by atoms with E-state index < -0.39 is 11.1 Å². The molecule has 0 aliphatic carbocycles. The number of hydrogen-bond acceptors (Lipinski definition) is 7. The number of amides is 1. The molecule has 11 heteroatoms. The lowest BCUT2D eigenvalue weighted by molar-refractivity contribution is 0.0822. The van der Waals surface area contributed by atoms with Crippen molar-refractivity contribution in [3.63, 3.8) is 0 Å². The SMILES string of the molecule is CCC(Nc1c(Nc2c(N)c(C(=O)N(C)C)nn2C)c(=O)[nH]n(C)c1=O)c1ccccc1. The van der Waals surface area contributed by atoms with Gasteiger partial charge < -0.3 is 21.3 Å². The first kappa shape index (κ1) is 22.7. The number of rotatable bonds is 7. The molecule has 0 radical (unpaired) electrons. The molecule has 170 valence electrons. The zero-order valence-corrected chi connectivity index (χ0v) is 18.8. The van der Waals surface area contributed by atoms with Gasteiger partial charge in [0.1, 0.15) is 17.1 Å². The summed E-state index contributed by atoms with van der Waals surface area (Å²) in [6.45, 7) is 1.98. The number of anilines is 4. The molecule has 0 fully saturated rings. The van der Waals surface area contributed by atoms with Gasteiger partial charge in [-0.3, -0.25) is 24.2 Å². The predicted octanol–water partition coefficient (Wildman–Crippen LogP) is 1.40. The highest BCUT2D eigenvalue weighted by molar-refractivity contribution is 6.00. The van der Waals surface area contributed by atoms with Crippen molar-refractivity contribution in [3.8, 4) is 0 Å². The molecule has 2 heterocycles. The van der Waals surface area contributed by atoms with Crippen LogP contribution in [0.3, 0.4) is 0 Å². The summed E-state index contributed by atoms with van der Waals surface area (Å²) in [6.07, 6.45) is 0.675. The van der Waals surface area contributed by atoms with E-state index in [1.54, 1.807) is 21.1 Å². The summed E-state index contributed by atoms with van der Waals surface area (Å²) in [5.74, 6) is -0.151. The Morgan fingerprint density at radius 3 is 2.44 bits per heavy atom. The number of nitrogens with two attached hydrogens (primary N) is 1. The minimum absolute atomic E-state index is 0.0129. The Kier molecular flexibility index (Phi) is 6.37. The summed E-state index contributed by atoms with van der Waals surface area (Å²) in [4.78, 5) is 39.5. The van der Waals surface area contributed by atoms with E-state index in [4.69, 9.17) is 5.73 Å². The Balaban J connectivity index is 2.09. The van der Waals surface area contributed by atoms with Gasteiger partial charge in [0.25, 0.3) is 17.0 Å². The van der Waals surface area contributed by atoms with Crippen LogP contribution in [-0.2, 0) is 14.1 Å². The van der Waals surface area contributed by atoms with E-state index in [2.05, 4.69) is 20.8 Å². The summed E-state index contributed by atoms with van der Waals surface area (Å²) in [7, 11) is 6.23. The average molecular weight is 441 g/mol. The van der Waals surface area contributed by atoms with Gasteiger partial charge in [0.15, 0.2) is 11.5 Å². The highest BCUT2D eigenvalue weighted by Crippen LogP contribution is 2.29. The van der Waals surface area contributed by atoms with Crippen LogP contribution in [0, 0.1) is 0 Å². The van der Waals surface area contributed by atoms with E-state index in [1.165, 1.54) is 16.6 Å². The van der Waals surface area contributed by atoms with Gasteiger partial charge in [-0.2, -0.15) is 5.10 Å². The molecule has 0 saturated heterocycles. The summed E-state index contributed by atoms with van der Waals surface area (Å²) >= 11 is 0. The van der Waals surface area contributed by atoms with Crippen molar-refractivity contribution in [1.29, 1.82) is 0 Å². The van der Waals surface area contributed by atoms with E-state index in [1.807, 2.05) is 37.3 Å². The zero-order chi connectivity index (χ0) is 23.6. The number of carbonyl (C=O) groups excluding carboxylic acids is 1. The second-order valence-corrected chi connectivity index (χ2v) is 7.63. The highest BCUT2D eigenvalue weighted by atomic mass is 16.2. The van der Waals surface area contributed by atoms with Crippen molar-refractivity contribution in [3.05, 3.63) is 62.3 Å². The first-order chi connectivity index (χ1) is 15.1. The molecule has 5 N–H and O–H groups in total. The number of nitrogens with one attached hydrogen (secondary N) is 3. The van der Waals surface area contributed by atoms with Crippen LogP contribution in [0.15, 0.2) is 39.9 Å². The number of nitrogens with zero attached hydrogens (tertiary/aromatic N) is 4. The van der Waals surface area contributed by atoms with Gasteiger partial charge in [0, 0.05) is 28.2 Å². The van der Waals surface area contributed by atoms with E-state index >= 15 is 0 Å². The fourth-order valence-electron chi connectivity index (χ4n) is 3.36. The molecule has 0 saturated carbocycles. The normalized spacial score (nSPS) is 11.8. The lowest BCUT2D eigenvalue weighted by atomic mass is 10.0. The van der Waals surface area contributed by atoms with Crippen molar-refractivity contribution < 1.29 is 4.79 Å². The minimum atomic E-state index is -0.529. The van der Waals surface area contributed by atoms with Crippen molar-refractivity contribution in [2.45, 2.75) is 19.4 Å². The molecular formula is C21H28N8O3. The standard InChI is InChI=1S/C21H28N8O3/c1-6-13(12-10-8-7-9-11-12)23-17-16(19(30)26-29(5)21(17)32)24-18-14(22)15(25-28(18)4)20(31)27(2)3/h7-11,13,23-24H,6,22H2,1-5H3,(H,26,30). The largest absolute Gasteiger partial charge is 0.394 e. The number of H-pyrrole nitrogens is 1. The van der Waals surface area contributed by atoms with Crippen LogP contribution >= 0.6 is 0 Å². The Hall–Kier alpha value is -4.02. The molecule has 2 aromatic heterocycles. The predicted molar refractivity (Wildman–Crippen MR) is 124 cm³/mol. The smallest absolute Gasteiger partial charge is 0.290 e. The van der Waals surface area contributed by atoms with Crippen LogP contribution in [0.25, 0.3) is 0 Å². The number of hydrogen-bond donors (Lipinski definition) is 4. The second-order valence-electron chi connectivity index (χ2n) is 7.63. The van der Waals surface area contributed by atoms with Gasteiger partial charge in [-0.25, -0.2) is 4.68 Å². The molecular weight excluding hydrogens is 412 g/mol. The molecule has 3 rings (SSSR count). The maximum Gasteiger partial charge on any atom is 0.290 e. The minimum Gasteiger partial charge on any atom is -0.394 e. The topological polar surface area (TPSA) is 143 Å². The lowest BCUT2D eigenvalue weighted by Crippen LogP contribution is -2.33.